The number of sulfone groups is 1. The van der Waals surface area contributed by atoms with Crippen LogP contribution in [0.25, 0.3) is 0 Å². The number of rotatable bonds is 6. The van der Waals surface area contributed by atoms with Crippen LogP contribution in [0.5, 0.6) is 0 Å². The lowest BCUT2D eigenvalue weighted by molar-refractivity contribution is 0.0316. The molecule has 0 bridgehead atoms. The zero-order valence-electron chi connectivity index (χ0n) is 9.33. The molecule has 0 aliphatic carbocycles. The molecule has 1 aromatic rings. The molecule has 0 saturated carbocycles. The highest BCUT2D eigenvalue weighted by atomic mass is 32.2. The van der Waals surface area contributed by atoms with Gasteiger partial charge in [-0.1, -0.05) is 0 Å². The largest absolute Gasteiger partial charge is 0.389 e. The molecule has 1 heterocycles. The maximum absolute atomic E-state index is 11.2. The van der Waals surface area contributed by atoms with E-state index in [-0.39, 0.29) is 18.0 Å². The van der Waals surface area contributed by atoms with Gasteiger partial charge in [-0.25, -0.2) is 8.42 Å². The molecule has 0 saturated heterocycles. The molecule has 1 atom stereocenters. The first-order chi connectivity index (χ1) is 7.43. The van der Waals surface area contributed by atoms with Crippen LogP contribution in [0.15, 0.2) is 17.3 Å². The predicted octanol–water partition coefficient (Wildman–Crippen LogP) is -0.316. The molecule has 0 fully saturated rings. The van der Waals surface area contributed by atoms with E-state index in [2.05, 4.69) is 5.10 Å². The molecule has 7 heteroatoms. The molecule has 16 heavy (non-hydrogen) atoms. The fourth-order valence-electron chi connectivity index (χ4n) is 1.16. The summed E-state index contributed by atoms with van der Waals surface area (Å²) in [5.41, 5.74) is 0. The van der Waals surface area contributed by atoms with Gasteiger partial charge in [0, 0.05) is 19.1 Å². The van der Waals surface area contributed by atoms with Crippen molar-refractivity contribution in [3.63, 3.8) is 0 Å². The minimum atomic E-state index is -3.23. The standard InChI is InChI=1S/C9H16N2O4S/c1-3-15-7-8(12)5-11-6-9(4-10-11)16(2,13)14/h4,6,8,12H,3,5,7H2,1-2H3. The van der Waals surface area contributed by atoms with E-state index in [1.807, 2.05) is 6.92 Å². The van der Waals surface area contributed by atoms with Crippen LogP contribution in [-0.2, 0) is 21.1 Å². The Balaban J connectivity index is 2.59. The zero-order chi connectivity index (χ0) is 12.2. The van der Waals surface area contributed by atoms with Gasteiger partial charge in [-0.2, -0.15) is 5.10 Å². The van der Waals surface area contributed by atoms with Crippen molar-refractivity contribution in [2.75, 3.05) is 19.5 Å². The van der Waals surface area contributed by atoms with Crippen molar-refractivity contribution in [2.45, 2.75) is 24.5 Å². The summed E-state index contributed by atoms with van der Waals surface area (Å²) < 4.78 is 28.7. The highest BCUT2D eigenvalue weighted by Crippen LogP contribution is 2.06. The lowest BCUT2D eigenvalue weighted by atomic mass is 10.4. The summed E-state index contributed by atoms with van der Waals surface area (Å²) in [5, 5.41) is 13.4. The highest BCUT2D eigenvalue weighted by Gasteiger charge is 2.12. The number of aliphatic hydroxyl groups is 1. The average molecular weight is 248 g/mol. The molecule has 0 aromatic carbocycles. The Morgan fingerprint density at radius 1 is 1.62 bits per heavy atom. The number of hydrogen-bond acceptors (Lipinski definition) is 5. The number of hydrogen-bond donors (Lipinski definition) is 1. The Morgan fingerprint density at radius 3 is 2.81 bits per heavy atom. The molecule has 0 amide bonds. The molecule has 0 aliphatic rings. The van der Waals surface area contributed by atoms with Crippen molar-refractivity contribution in [3.05, 3.63) is 12.4 Å². The van der Waals surface area contributed by atoms with Gasteiger partial charge in [-0.15, -0.1) is 0 Å². The van der Waals surface area contributed by atoms with E-state index in [0.29, 0.717) is 6.61 Å². The Kier molecular flexibility index (Phi) is 4.45. The summed E-state index contributed by atoms with van der Waals surface area (Å²) in [6.07, 6.45) is 3.09. The second-order valence-electron chi connectivity index (χ2n) is 3.48. The number of ether oxygens (including phenoxy) is 1. The van der Waals surface area contributed by atoms with Crippen LogP contribution in [0.2, 0.25) is 0 Å². The first kappa shape index (κ1) is 13.1. The van der Waals surface area contributed by atoms with Crippen LogP contribution in [0.3, 0.4) is 0 Å². The van der Waals surface area contributed by atoms with E-state index in [0.717, 1.165) is 6.26 Å². The van der Waals surface area contributed by atoms with Gasteiger partial charge in [0.25, 0.3) is 0 Å². The van der Waals surface area contributed by atoms with Crippen molar-refractivity contribution in [2.24, 2.45) is 0 Å². The average Bonchev–Trinajstić information content (AvgIpc) is 2.62. The second kappa shape index (κ2) is 5.42. The molecule has 1 rings (SSSR count). The molecule has 1 N–H and O–H groups in total. The summed E-state index contributed by atoms with van der Waals surface area (Å²) in [6, 6.07) is 0. The molecule has 0 radical (unpaired) electrons. The van der Waals surface area contributed by atoms with Gasteiger partial charge >= 0.3 is 0 Å². The van der Waals surface area contributed by atoms with E-state index in [9.17, 15) is 13.5 Å². The summed E-state index contributed by atoms with van der Waals surface area (Å²) in [5.74, 6) is 0. The first-order valence-electron chi connectivity index (χ1n) is 4.91. The summed E-state index contributed by atoms with van der Waals surface area (Å²) >= 11 is 0. The monoisotopic (exact) mass is 248 g/mol. The van der Waals surface area contributed by atoms with Crippen LogP contribution in [0, 0.1) is 0 Å². The zero-order valence-corrected chi connectivity index (χ0v) is 10.1. The number of aliphatic hydroxyl groups excluding tert-OH is 1. The van der Waals surface area contributed by atoms with Crippen molar-refractivity contribution >= 4 is 9.84 Å². The lowest BCUT2D eigenvalue weighted by Crippen LogP contribution is -2.22. The second-order valence-corrected chi connectivity index (χ2v) is 5.50. The Bertz CT molecular complexity index is 426. The number of aromatic nitrogens is 2. The Labute approximate surface area is 94.8 Å². The normalized spacial score (nSPS) is 13.9. The molecule has 1 unspecified atom stereocenters. The quantitative estimate of drug-likeness (QED) is 0.746. The lowest BCUT2D eigenvalue weighted by Gasteiger charge is -2.09. The van der Waals surface area contributed by atoms with Gasteiger partial charge in [-0.3, -0.25) is 4.68 Å². The van der Waals surface area contributed by atoms with Crippen molar-refractivity contribution in [1.29, 1.82) is 0 Å². The number of nitrogens with zero attached hydrogens (tertiary/aromatic N) is 2. The minimum absolute atomic E-state index is 0.149. The maximum atomic E-state index is 11.2. The summed E-state index contributed by atoms with van der Waals surface area (Å²) in [7, 11) is -3.23. The molecule has 1 aromatic heterocycles. The van der Waals surface area contributed by atoms with E-state index in [1.54, 1.807) is 0 Å². The molecule has 92 valence electrons. The van der Waals surface area contributed by atoms with Gasteiger partial charge < -0.3 is 9.84 Å². The maximum Gasteiger partial charge on any atom is 0.178 e. The fraction of sp³-hybridized carbons (Fsp3) is 0.667. The molecular formula is C9H16N2O4S. The van der Waals surface area contributed by atoms with E-state index in [1.165, 1.54) is 17.1 Å². The first-order valence-corrected chi connectivity index (χ1v) is 6.81. The fourth-order valence-corrected chi connectivity index (χ4v) is 1.71. The van der Waals surface area contributed by atoms with Crippen LogP contribution in [-0.4, -0.2) is 48.9 Å². The molecule has 0 aliphatic heterocycles. The van der Waals surface area contributed by atoms with Crippen molar-refractivity contribution in [1.82, 2.24) is 9.78 Å². The third kappa shape index (κ3) is 3.92. The third-order valence-electron chi connectivity index (χ3n) is 1.95. The molecular weight excluding hydrogens is 232 g/mol. The smallest absolute Gasteiger partial charge is 0.178 e. The van der Waals surface area contributed by atoms with Gasteiger partial charge in [0.2, 0.25) is 0 Å². The Morgan fingerprint density at radius 2 is 2.31 bits per heavy atom. The van der Waals surface area contributed by atoms with E-state index in [4.69, 9.17) is 4.74 Å². The predicted molar refractivity (Wildman–Crippen MR) is 57.8 cm³/mol. The van der Waals surface area contributed by atoms with Gasteiger partial charge in [0.05, 0.1) is 25.5 Å². The summed E-state index contributed by atoms with van der Waals surface area (Å²) in [4.78, 5) is 0.149. The van der Waals surface area contributed by atoms with E-state index < -0.39 is 15.9 Å². The van der Waals surface area contributed by atoms with Crippen LogP contribution >= 0.6 is 0 Å². The minimum Gasteiger partial charge on any atom is -0.389 e. The van der Waals surface area contributed by atoms with Gasteiger partial charge in [0.15, 0.2) is 9.84 Å². The van der Waals surface area contributed by atoms with Crippen molar-refractivity contribution in [3.8, 4) is 0 Å². The van der Waals surface area contributed by atoms with Crippen LogP contribution < -0.4 is 0 Å². The third-order valence-corrected chi connectivity index (χ3v) is 3.02. The van der Waals surface area contributed by atoms with Crippen LogP contribution in [0.4, 0.5) is 0 Å². The molecule has 6 nitrogen and oxygen atoms in total. The molecule has 0 spiro atoms. The topological polar surface area (TPSA) is 81.4 Å². The summed E-state index contributed by atoms with van der Waals surface area (Å²) in [6.45, 7) is 2.80. The SMILES string of the molecule is CCOCC(O)Cn1cc(S(C)(=O)=O)cn1. The van der Waals surface area contributed by atoms with E-state index >= 15 is 0 Å². The van der Waals surface area contributed by atoms with Crippen molar-refractivity contribution < 1.29 is 18.3 Å². The van der Waals surface area contributed by atoms with Crippen LogP contribution in [0.1, 0.15) is 6.92 Å². The highest BCUT2D eigenvalue weighted by molar-refractivity contribution is 7.90. The van der Waals surface area contributed by atoms with Gasteiger partial charge in [0.1, 0.15) is 4.90 Å². The Hall–Kier alpha value is -0.920. The van der Waals surface area contributed by atoms with Gasteiger partial charge in [-0.05, 0) is 6.92 Å².